The third-order valence-corrected chi connectivity index (χ3v) is 4.87. The van der Waals surface area contributed by atoms with Gasteiger partial charge in [-0.2, -0.15) is 0 Å². The van der Waals surface area contributed by atoms with Gasteiger partial charge >= 0.3 is 0 Å². The first-order valence-electron chi connectivity index (χ1n) is 9.03. The van der Waals surface area contributed by atoms with Crippen LogP contribution < -0.4 is 5.32 Å². The average Bonchev–Trinajstić information content (AvgIpc) is 3.39. The molecule has 0 saturated heterocycles. The molecular formula is C21H21FN4O. The van der Waals surface area contributed by atoms with Crippen LogP contribution in [0.25, 0.3) is 11.4 Å². The van der Waals surface area contributed by atoms with Gasteiger partial charge < -0.3 is 9.88 Å². The number of carbonyl (C=O) groups excluding carboxylic acids is 1. The number of amides is 1. The van der Waals surface area contributed by atoms with E-state index in [0.29, 0.717) is 17.3 Å². The molecule has 1 saturated carbocycles. The standard InChI is InChI=1S/C21H21FN4O/c1-13-5-6-23-18(9-13)19(14-3-4-14)25-21(27)16-10-15(11-17(22)12-16)20-24-7-8-26(20)2/h5-12,14,19H,3-4H2,1-2H3,(H,25,27). The zero-order chi connectivity index (χ0) is 19.0. The highest BCUT2D eigenvalue weighted by molar-refractivity contribution is 5.95. The Morgan fingerprint density at radius 2 is 2.04 bits per heavy atom. The number of pyridine rings is 1. The SMILES string of the molecule is Cc1ccnc(C(NC(=O)c2cc(F)cc(-c3nccn3C)c2)C2CC2)c1. The summed E-state index contributed by atoms with van der Waals surface area (Å²) in [6.07, 6.45) is 7.30. The number of rotatable bonds is 5. The summed E-state index contributed by atoms with van der Waals surface area (Å²) in [7, 11) is 1.83. The minimum atomic E-state index is -0.461. The summed E-state index contributed by atoms with van der Waals surface area (Å²) in [5, 5.41) is 3.06. The predicted octanol–water partition coefficient (Wildman–Crippen LogP) is 3.81. The maximum absolute atomic E-state index is 14.2. The van der Waals surface area contributed by atoms with Crippen molar-refractivity contribution in [1.82, 2.24) is 19.9 Å². The van der Waals surface area contributed by atoms with Crippen molar-refractivity contribution >= 4 is 5.91 Å². The van der Waals surface area contributed by atoms with E-state index in [2.05, 4.69) is 15.3 Å². The van der Waals surface area contributed by atoms with Gasteiger partial charge in [-0.05, 0) is 61.6 Å². The van der Waals surface area contributed by atoms with Gasteiger partial charge in [0.05, 0.1) is 11.7 Å². The molecule has 3 aromatic rings. The molecule has 1 amide bonds. The van der Waals surface area contributed by atoms with Crippen LogP contribution in [0.5, 0.6) is 0 Å². The lowest BCUT2D eigenvalue weighted by atomic mass is 10.0. The van der Waals surface area contributed by atoms with Crippen LogP contribution in [-0.2, 0) is 7.05 Å². The normalized spacial score (nSPS) is 14.8. The Morgan fingerprint density at radius 1 is 1.22 bits per heavy atom. The van der Waals surface area contributed by atoms with Crippen LogP contribution in [0, 0.1) is 18.7 Å². The van der Waals surface area contributed by atoms with Crippen LogP contribution in [0.1, 0.15) is 40.5 Å². The molecule has 2 heterocycles. The third kappa shape index (κ3) is 3.74. The molecule has 27 heavy (non-hydrogen) atoms. The molecule has 5 nitrogen and oxygen atoms in total. The van der Waals surface area contributed by atoms with Gasteiger partial charge in [-0.15, -0.1) is 0 Å². The fourth-order valence-corrected chi connectivity index (χ4v) is 3.31. The highest BCUT2D eigenvalue weighted by Gasteiger charge is 2.34. The number of halogens is 1. The maximum atomic E-state index is 14.2. The molecule has 0 bridgehead atoms. The second-order valence-electron chi connectivity index (χ2n) is 7.14. The third-order valence-electron chi connectivity index (χ3n) is 4.87. The highest BCUT2D eigenvalue weighted by Crippen LogP contribution is 2.40. The van der Waals surface area contributed by atoms with E-state index in [1.165, 1.54) is 12.1 Å². The van der Waals surface area contributed by atoms with Gasteiger partial charge in [0.2, 0.25) is 0 Å². The quantitative estimate of drug-likeness (QED) is 0.749. The molecule has 1 unspecified atom stereocenters. The van der Waals surface area contributed by atoms with Gasteiger partial charge in [0.15, 0.2) is 0 Å². The number of nitrogens with one attached hydrogen (secondary N) is 1. The largest absolute Gasteiger partial charge is 0.343 e. The lowest BCUT2D eigenvalue weighted by molar-refractivity contribution is 0.0930. The monoisotopic (exact) mass is 364 g/mol. The number of benzene rings is 1. The Kier molecular flexibility index (Phi) is 4.48. The first-order chi connectivity index (χ1) is 13.0. The Balaban J connectivity index is 1.62. The number of aromatic nitrogens is 3. The van der Waals surface area contributed by atoms with Gasteiger partial charge in [0.25, 0.3) is 5.91 Å². The van der Waals surface area contributed by atoms with E-state index in [1.807, 2.05) is 26.1 Å². The van der Waals surface area contributed by atoms with Crippen molar-refractivity contribution in [3.05, 3.63) is 71.6 Å². The molecule has 1 aromatic carbocycles. The van der Waals surface area contributed by atoms with Crippen molar-refractivity contribution in [2.75, 3.05) is 0 Å². The van der Waals surface area contributed by atoms with Crippen LogP contribution in [-0.4, -0.2) is 20.4 Å². The molecular weight excluding hydrogens is 343 g/mol. The van der Waals surface area contributed by atoms with Crippen molar-refractivity contribution < 1.29 is 9.18 Å². The molecule has 6 heteroatoms. The van der Waals surface area contributed by atoms with Gasteiger partial charge in [-0.3, -0.25) is 9.78 Å². The zero-order valence-electron chi connectivity index (χ0n) is 15.3. The molecule has 1 N–H and O–H groups in total. The van der Waals surface area contributed by atoms with Crippen LogP contribution >= 0.6 is 0 Å². The number of hydrogen-bond acceptors (Lipinski definition) is 3. The van der Waals surface area contributed by atoms with E-state index in [9.17, 15) is 9.18 Å². The molecule has 1 atom stereocenters. The molecule has 1 aliphatic carbocycles. The Bertz CT molecular complexity index is 993. The molecule has 1 aliphatic rings. The van der Waals surface area contributed by atoms with Crippen molar-refractivity contribution in [2.45, 2.75) is 25.8 Å². The summed E-state index contributed by atoms with van der Waals surface area (Å²) >= 11 is 0. The molecule has 138 valence electrons. The lowest BCUT2D eigenvalue weighted by Crippen LogP contribution is -2.30. The highest BCUT2D eigenvalue weighted by atomic mass is 19.1. The molecule has 1 fully saturated rings. The second kappa shape index (κ2) is 6.95. The summed E-state index contributed by atoms with van der Waals surface area (Å²) in [6, 6.07) is 8.09. The second-order valence-corrected chi connectivity index (χ2v) is 7.14. The van der Waals surface area contributed by atoms with Gasteiger partial charge in [-0.25, -0.2) is 9.37 Å². The average molecular weight is 364 g/mol. The van der Waals surface area contributed by atoms with Crippen LogP contribution in [0.3, 0.4) is 0 Å². The number of carbonyl (C=O) groups is 1. The molecule has 0 spiro atoms. The fraction of sp³-hybridized carbons (Fsp3) is 0.286. The van der Waals surface area contributed by atoms with Crippen molar-refractivity contribution in [3.63, 3.8) is 0 Å². The Morgan fingerprint density at radius 3 is 2.70 bits per heavy atom. The number of aryl methyl sites for hydroxylation is 2. The Labute approximate surface area is 157 Å². The lowest BCUT2D eigenvalue weighted by Gasteiger charge is -2.18. The zero-order valence-corrected chi connectivity index (χ0v) is 15.3. The first kappa shape index (κ1) is 17.4. The topological polar surface area (TPSA) is 59.8 Å². The van der Waals surface area contributed by atoms with E-state index < -0.39 is 5.82 Å². The molecule has 2 aromatic heterocycles. The molecule has 0 aliphatic heterocycles. The summed E-state index contributed by atoms with van der Waals surface area (Å²) < 4.78 is 16.0. The first-order valence-corrected chi connectivity index (χ1v) is 9.03. The number of hydrogen-bond donors (Lipinski definition) is 1. The van der Waals surface area contributed by atoms with E-state index >= 15 is 0 Å². The molecule has 0 radical (unpaired) electrons. The van der Waals surface area contributed by atoms with Gasteiger partial charge in [0.1, 0.15) is 11.6 Å². The predicted molar refractivity (Wildman–Crippen MR) is 101 cm³/mol. The van der Waals surface area contributed by atoms with E-state index in [0.717, 1.165) is 24.1 Å². The van der Waals surface area contributed by atoms with Crippen molar-refractivity contribution in [2.24, 2.45) is 13.0 Å². The van der Waals surface area contributed by atoms with Crippen LogP contribution in [0.2, 0.25) is 0 Å². The summed E-state index contributed by atoms with van der Waals surface area (Å²) in [6.45, 7) is 2.00. The van der Waals surface area contributed by atoms with E-state index in [-0.39, 0.29) is 17.5 Å². The van der Waals surface area contributed by atoms with Gasteiger partial charge in [-0.1, -0.05) is 0 Å². The van der Waals surface area contributed by atoms with E-state index in [1.54, 1.807) is 29.2 Å². The maximum Gasteiger partial charge on any atom is 0.251 e. The van der Waals surface area contributed by atoms with Crippen LogP contribution in [0.15, 0.2) is 48.9 Å². The Hall–Kier alpha value is -3.02. The van der Waals surface area contributed by atoms with Crippen molar-refractivity contribution in [3.8, 4) is 11.4 Å². The van der Waals surface area contributed by atoms with Crippen LogP contribution in [0.4, 0.5) is 4.39 Å². The number of imidazole rings is 1. The van der Waals surface area contributed by atoms with E-state index in [4.69, 9.17) is 0 Å². The smallest absolute Gasteiger partial charge is 0.251 e. The summed E-state index contributed by atoms with van der Waals surface area (Å²) in [5.41, 5.74) is 2.81. The number of nitrogens with zero attached hydrogens (tertiary/aromatic N) is 3. The summed E-state index contributed by atoms with van der Waals surface area (Å²) in [4.78, 5) is 21.5. The van der Waals surface area contributed by atoms with Crippen molar-refractivity contribution in [1.29, 1.82) is 0 Å². The minimum absolute atomic E-state index is 0.155. The minimum Gasteiger partial charge on any atom is -0.343 e. The molecule has 4 rings (SSSR count). The summed E-state index contributed by atoms with van der Waals surface area (Å²) in [5.74, 6) is 0.232. The fourth-order valence-electron chi connectivity index (χ4n) is 3.31. The van der Waals surface area contributed by atoms with Gasteiger partial charge in [0, 0.05) is 36.8 Å².